The Balaban J connectivity index is 2.42. The molecular formula is C16H19ClO. The van der Waals surface area contributed by atoms with E-state index in [0.29, 0.717) is 0 Å². The molecule has 0 aliphatic heterocycles. The van der Waals surface area contributed by atoms with Crippen molar-refractivity contribution in [2.45, 2.75) is 39.5 Å². The van der Waals surface area contributed by atoms with E-state index in [1.807, 2.05) is 12.1 Å². The van der Waals surface area contributed by atoms with Crippen molar-refractivity contribution in [2.75, 3.05) is 0 Å². The zero-order valence-electron chi connectivity index (χ0n) is 11.4. The van der Waals surface area contributed by atoms with E-state index in [-0.39, 0.29) is 5.38 Å². The standard InChI is InChI=1S/C16H19ClO/c1-5-13-6-7-14(18-13)16(17)15-11(3)8-10(2)9-12(15)4/h6-9,16H,5H2,1-4H3. The molecule has 0 bridgehead atoms. The molecule has 0 saturated heterocycles. The lowest BCUT2D eigenvalue weighted by atomic mass is 9.96. The summed E-state index contributed by atoms with van der Waals surface area (Å²) in [6, 6.07) is 8.32. The van der Waals surface area contributed by atoms with E-state index in [0.717, 1.165) is 17.9 Å². The van der Waals surface area contributed by atoms with Crippen molar-refractivity contribution in [2.24, 2.45) is 0 Å². The fourth-order valence-corrected chi connectivity index (χ4v) is 2.92. The number of halogens is 1. The third-order valence-corrected chi connectivity index (χ3v) is 3.71. The van der Waals surface area contributed by atoms with Gasteiger partial charge in [-0.3, -0.25) is 0 Å². The zero-order chi connectivity index (χ0) is 13.3. The minimum Gasteiger partial charge on any atom is -0.464 e. The van der Waals surface area contributed by atoms with E-state index in [2.05, 4.69) is 39.8 Å². The van der Waals surface area contributed by atoms with Crippen LogP contribution in [0.25, 0.3) is 0 Å². The number of aryl methyl sites for hydroxylation is 4. The second kappa shape index (κ2) is 5.19. The Labute approximate surface area is 114 Å². The molecule has 1 unspecified atom stereocenters. The van der Waals surface area contributed by atoms with Gasteiger partial charge in [0, 0.05) is 6.42 Å². The normalized spacial score (nSPS) is 12.7. The van der Waals surface area contributed by atoms with Gasteiger partial charge in [-0.25, -0.2) is 0 Å². The summed E-state index contributed by atoms with van der Waals surface area (Å²) in [5, 5.41) is -0.203. The van der Waals surface area contributed by atoms with Gasteiger partial charge in [0.05, 0.1) is 0 Å². The number of hydrogen-bond donors (Lipinski definition) is 0. The minimum atomic E-state index is -0.203. The third kappa shape index (κ3) is 2.46. The first-order chi connectivity index (χ1) is 8.52. The summed E-state index contributed by atoms with van der Waals surface area (Å²) < 4.78 is 5.76. The lowest BCUT2D eigenvalue weighted by Gasteiger charge is -2.15. The highest BCUT2D eigenvalue weighted by Gasteiger charge is 2.19. The Hall–Kier alpha value is -1.21. The highest BCUT2D eigenvalue weighted by molar-refractivity contribution is 6.22. The molecule has 1 aromatic carbocycles. The Morgan fingerprint density at radius 1 is 1.11 bits per heavy atom. The van der Waals surface area contributed by atoms with E-state index in [1.54, 1.807) is 0 Å². The van der Waals surface area contributed by atoms with Gasteiger partial charge < -0.3 is 4.42 Å². The summed E-state index contributed by atoms with van der Waals surface area (Å²) in [5.41, 5.74) is 4.88. The van der Waals surface area contributed by atoms with Crippen LogP contribution >= 0.6 is 11.6 Å². The lowest BCUT2D eigenvalue weighted by Crippen LogP contribution is -1.99. The van der Waals surface area contributed by atoms with Crippen LogP contribution in [-0.4, -0.2) is 0 Å². The van der Waals surface area contributed by atoms with Crippen molar-refractivity contribution in [3.63, 3.8) is 0 Å². The number of hydrogen-bond acceptors (Lipinski definition) is 1. The molecule has 2 aromatic rings. The maximum absolute atomic E-state index is 6.57. The van der Waals surface area contributed by atoms with E-state index in [1.165, 1.54) is 22.3 Å². The van der Waals surface area contributed by atoms with Crippen molar-refractivity contribution in [1.29, 1.82) is 0 Å². The fourth-order valence-electron chi connectivity index (χ4n) is 2.45. The van der Waals surface area contributed by atoms with Gasteiger partial charge in [0.1, 0.15) is 16.9 Å². The van der Waals surface area contributed by atoms with Crippen LogP contribution in [-0.2, 0) is 6.42 Å². The van der Waals surface area contributed by atoms with Crippen molar-refractivity contribution < 1.29 is 4.42 Å². The number of rotatable bonds is 3. The van der Waals surface area contributed by atoms with Crippen molar-refractivity contribution >= 4 is 11.6 Å². The molecule has 0 aliphatic carbocycles. The van der Waals surface area contributed by atoms with Crippen molar-refractivity contribution in [1.82, 2.24) is 0 Å². The van der Waals surface area contributed by atoms with Crippen LogP contribution in [0.1, 0.15) is 46.1 Å². The molecular weight excluding hydrogens is 244 g/mol. The maximum atomic E-state index is 6.57. The Morgan fingerprint density at radius 3 is 2.22 bits per heavy atom. The molecule has 0 radical (unpaired) electrons. The van der Waals surface area contributed by atoms with E-state index in [4.69, 9.17) is 16.0 Å². The smallest absolute Gasteiger partial charge is 0.126 e. The molecule has 0 fully saturated rings. The van der Waals surface area contributed by atoms with E-state index < -0.39 is 0 Å². The molecule has 0 spiro atoms. The van der Waals surface area contributed by atoms with Gasteiger partial charge in [-0.2, -0.15) is 0 Å². The minimum absolute atomic E-state index is 0.203. The molecule has 0 saturated carbocycles. The topological polar surface area (TPSA) is 13.1 Å². The summed E-state index contributed by atoms with van der Waals surface area (Å²) in [6.07, 6.45) is 0.898. The van der Waals surface area contributed by atoms with Crippen molar-refractivity contribution in [3.05, 3.63) is 58.0 Å². The number of benzene rings is 1. The SMILES string of the molecule is CCc1ccc(C(Cl)c2c(C)cc(C)cc2C)o1. The lowest BCUT2D eigenvalue weighted by molar-refractivity contribution is 0.474. The van der Waals surface area contributed by atoms with Gasteiger partial charge in [0.15, 0.2) is 0 Å². The fraction of sp³-hybridized carbons (Fsp3) is 0.375. The molecule has 1 nitrogen and oxygen atoms in total. The summed E-state index contributed by atoms with van der Waals surface area (Å²) in [7, 11) is 0. The largest absolute Gasteiger partial charge is 0.464 e. The van der Waals surface area contributed by atoms with Gasteiger partial charge in [0.25, 0.3) is 0 Å². The first-order valence-electron chi connectivity index (χ1n) is 6.33. The van der Waals surface area contributed by atoms with E-state index >= 15 is 0 Å². The van der Waals surface area contributed by atoms with Gasteiger partial charge >= 0.3 is 0 Å². The van der Waals surface area contributed by atoms with Gasteiger partial charge in [-0.1, -0.05) is 24.6 Å². The van der Waals surface area contributed by atoms with Crippen LogP contribution in [0, 0.1) is 20.8 Å². The second-order valence-electron chi connectivity index (χ2n) is 4.83. The van der Waals surface area contributed by atoms with Crippen LogP contribution < -0.4 is 0 Å². The average Bonchev–Trinajstić information content (AvgIpc) is 2.75. The summed E-state index contributed by atoms with van der Waals surface area (Å²) in [5.74, 6) is 1.82. The Morgan fingerprint density at radius 2 is 1.72 bits per heavy atom. The van der Waals surface area contributed by atoms with Gasteiger partial charge in [-0.15, -0.1) is 11.6 Å². The van der Waals surface area contributed by atoms with Gasteiger partial charge in [0.2, 0.25) is 0 Å². The van der Waals surface area contributed by atoms with Crippen LogP contribution in [0.5, 0.6) is 0 Å². The van der Waals surface area contributed by atoms with Crippen LogP contribution in [0.2, 0.25) is 0 Å². The Bertz CT molecular complexity index is 531. The highest BCUT2D eigenvalue weighted by atomic mass is 35.5. The second-order valence-corrected chi connectivity index (χ2v) is 5.27. The van der Waals surface area contributed by atoms with E-state index in [9.17, 15) is 0 Å². The predicted octanol–water partition coefficient (Wildman–Crippen LogP) is 5.10. The number of alkyl halides is 1. The molecule has 96 valence electrons. The Kier molecular flexibility index (Phi) is 3.82. The number of furan rings is 1. The average molecular weight is 263 g/mol. The molecule has 18 heavy (non-hydrogen) atoms. The highest BCUT2D eigenvalue weighted by Crippen LogP contribution is 2.34. The predicted molar refractivity (Wildman–Crippen MR) is 76.4 cm³/mol. The zero-order valence-corrected chi connectivity index (χ0v) is 12.1. The quantitative estimate of drug-likeness (QED) is 0.702. The first kappa shape index (κ1) is 13.2. The molecule has 1 aromatic heterocycles. The van der Waals surface area contributed by atoms with Crippen LogP contribution in [0.4, 0.5) is 0 Å². The first-order valence-corrected chi connectivity index (χ1v) is 6.77. The molecule has 0 aliphatic rings. The van der Waals surface area contributed by atoms with Crippen molar-refractivity contribution in [3.8, 4) is 0 Å². The molecule has 0 N–H and O–H groups in total. The van der Waals surface area contributed by atoms with Crippen LogP contribution in [0.15, 0.2) is 28.7 Å². The molecule has 0 amide bonds. The summed E-state index contributed by atoms with van der Waals surface area (Å²) in [6.45, 7) is 8.39. The summed E-state index contributed by atoms with van der Waals surface area (Å²) >= 11 is 6.57. The van der Waals surface area contributed by atoms with Crippen LogP contribution in [0.3, 0.4) is 0 Å². The van der Waals surface area contributed by atoms with Gasteiger partial charge in [-0.05, 0) is 49.6 Å². The summed E-state index contributed by atoms with van der Waals surface area (Å²) in [4.78, 5) is 0. The monoisotopic (exact) mass is 262 g/mol. The maximum Gasteiger partial charge on any atom is 0.126 e. The molecule has 1 heterocycles. The molecule has 2 rings (SSSR count). The molecule has 1 atom stereocenters. The third-order valence-electron chi connectivity index (χ3n) is 3.27. The molecule has 2 heteroatoms.